The molecule has 9 heteroatoms. The maximum absolute atomic E-state index is 13.6. The molecule has 3 heterocycles. The predicted octanol–water partition coefficient (Wildman–Crippen LogP) is 7.23. The molecule has 0 spiro atoms. The lowest BCUT2D eigenvalue weighted by atomic mass is 9.86. The molecule has 0 aliphatic carbocycles. The van der Waals surface area contributed by atoms with Crippen molar-refractivity contribution in [3.05, 3.63) is 72.2 Å². The van der Waals surface area contributed by atoms with E-state index in [0.29, 0.717) is 28.9 Å². The number of alkyl halides is 3. The summed E-state index contributed by atoms with van der Waals surface area (Å²) in [5, 5.41) is 4.04. The maximum Gasteiger partial charge on any atom is 0.418 e. The molecule has 2 aromatic carbocycles. The van der Waals surface area contributed by atoms with Gasteiger partial charge in [0.25, 0.3) is 0 Å². The fourth-order valence-corrected chi connectivity index (χ4v) is 4.93. The average Bonchev–Trinajstić information content (AvgIpc) is 3.41. The Balaban J connectivity index is 1.42. The Kier molecular flexibility index (Phi) is 7.44. The van der Waals surface area contributed by atoms with Crippen LogP contribution in [0.25, 0.3) is 22.2 Å². The molecule has 1 fully saturated rings. The minimum atomic E-state index is -4.51. The molecule has 0 unspecified atom stereocenters. The molecule has 0 bridgehead atoms. The molecule has 5 rings (SSSR count). The highest BCUT2D eigenvalue weighted by Gasteiger charge is 2.34. The van der Waals surface area contributed by atoms with Crippen LogP contribution in [0.5, 0.6) is 5.75 Å². The van der Waals surface area contributed by atoms with Crippen molar-refractivity contribution in [3.8, 4) is 17.0 Å². The van der Waals surface area contributed by atoms with Gasteiger partial charge < -0.3 is 10.1 Å². The van der Waals surface area contributed by atoms with Gasteiger partial charge in [-0.25, -0.2) is 9.97 Å². The van der Waals surface area contributed by atoms with Crippen LogP contribution < -0.4 is 10.1 Å². The number of pyridine rings is 1. The fourth-order valence-electron chi connectivity index (χ4n) is 4.93. The highest BCUT2D eigenvalue weighted by molar-refractivity contribution is 5.93. The first-order chi connectivity index (χ1) is 18.6. The van der Waals surface area contributed by atoms with Crippen molar-refractivity contribution in [3.63, 3.8) is 0 Å². The number of ether oxygens (including phenoxy) is 1. The molecular weight excluding hydrogens is 503 g/mol. The van der Waals surface area contributed by atoms with E-state index in [1.165, 1.54) is 31.4 Å². The summed E-state index contributed by atoms with van der Waals surface area (Å²) in [5.74, 6) is 1.37. The monoisotopic (exact) mass is 535 g/mol. The van der Waals surface area contributed by atoms with Crippen LogP contribution in [-0.4, -0.2) is 46.1 Å². The summed E-state index contributed by atoms with van der Waals surface area (Å²) in [4.78, 5) is 15.1. The van der Waals surface area contributed by atoms with E-state index in [-0.39, 0.29) is 11.1 Å². The molecule has 0 amide bonds. The molecule has 1 N–H and O–H groups in total. The summed E-state index contributed by atoms with van der Waals surface area (Å²) in [5.41, 5.74) is 1.75. The number of hydrogen-bond acceptors (Lipinski definition) is 6. The smallest absolute Gasteiger partial charge is 0.418 e. The van der Waals surface area contributed by atoms with E-state index in [1.54, 1.807) is 18.2 Å². The van der Waals surface area contributed by atoms with Crippen LogP contribution in [0.2, 0.25) is 0 Å². The van der Waals surface area contributed by atoms with Gasteiger partial charge in [0.1, 0.15) is 24.5 Å². The first-order valence-electron chi connectivity index (χ1n) is 13.1. The van der Waals surface area contributed by atoms with Crippen LogP contribution in [0.1, 0.15) is 44.7 Å². The third kappa shape index (κ3) is 6.14. The molecular formula is C30H32F3N5O. The largest absolute Gasteiger partial charge is 0.492 e. The van der Waals surface area contributed by atoms with Crippen LogP contribution in [0.15, 0.2) is 61.1 Å². The van der Waals surface area contributed by atoms with Crippen molar-refractivity contribution >= 4 is 22.4 Å². The van der Waals surface area contributed by atoms with Gasteiger partial charge in [-0.05, 0) is 67.2 Å². The number of anilines is 2. The molecule has 2 aromatic heterocycles. The Morgan fingerprint density at radius 2 is 1.72 bits per heavy atom. The van der Waals surface area contributed by atoms with Crippen molar-refractivity contribution in [2.45, 2.75) is 45.2 Å². The number of hydrogen-bond donors (Lipinski definition) is 1. The summed E-state index contributed by atoms with van der Waals surface area (Å²) < 4.78 is 47.0. The zero-order valence-electron chi connectivity index (χ0n) is 22.3. The van der Waals surface area contributed by atoms with Gasteiger partial charge in [-0.2, -0.15) is 13.2 Å². The van der Waals surface area contributed by atoms with Gasteiger partial charge in [0.05, 0.1) is 16.8 Å². The molecule has 39 heavy (non-hydrogen) atoms. The lowest BCUT2D eigenvalue weighted by Gasteiger charge is -2.24. The first kappa shape index (κ1) is 26.9. The lowest BCUT2D eigenvalue weighted by Crippen LogP contribution is -2.25. The van der Waals surface area contributed by atoms with Gasteiger partial charge in [-0.1, -0.05) is 32.9 Å². The third-order valence-electron chi connectivity index (χ3n) is 6.94. The normalized spacial score (nSPS) is 14.6. The molecule has 0 saturated carbocycles. The molecule has 4 aromatic rings. The SMILES string of the molecule is CC(C)(C)c1ccc(Nc2ncnc3cc(-c4ncccc4C(F)(F)F)ccc23)cc1OCCN1CCCC1. The van der Waals surface area contributed by atoms with Crippen LogP contribution in [0.3, 0.4) is 0 Å². The van der Waals surface area contributed by atoms with E-state index in [2.05, 4.69) is 52.0 Å². The zero-order chi connectivity index (χ0) is 27.6. The zero-order valence-corrected chi connectivity index (χ0v) is 22.3. The second kappa shape index (κ2) is 10.8. The minimum absolute atomic E-state index is 0.0970. The summed E-state index contributed by atoms with van der Waals surface area (Å²) in [6.07, 6.45) is 0.728. The van der Waals surface area contributed by atoms with E-state index in [0.717, 1.165) is 42.7 Å². The second-order valence-corrected chi connectivity index (χ2v) is 10.8. The predicted molar refractivity (Wildman–Crippen MR) is 147 cm³/mol. The topological polar surface area (TPSA) is 63.2 Å². The van der Waals surface area contributed by atoms with E-state index in [4.69, 9.17) is 4.74 Å². The number of likely N-dealkylation sites (tertiary alicyclic amines) is 1. The van der Waals surface area contributed by atoms with Crippen LogP contribution in [-0.2, 0) is 11.6 Å². The molecule has 204 valence electrons. The van der Waals surface area contributed by atoms with Crippen LogP contribution in [0, 0.1) is 0 Å². The number of aromatic nitrogens is 3. The van der Waals surface area contributed by atoms with Gasteiger partial charge in [0.2, 0.25) is 0 Å². The average molecular weight is 536 g/mol. The van der Waals surface area contributed by atoms with E-state index in [9.17, 15) is 13.2 Å². The van der Waals surface area contributed by atoms with Crippen LogP contribution >= 0.6 is 0 Å². The summed E-state index contributed by atoms with van der Waals surface area (Å²) in [6, 6.07) is 13.3. The molecule has 0 atom stereocenters. The van der Waals surface area contributed by atoms with Crippen molar-refractivity contribution < 1.29 is 17.9 Å². The molecule has 1 aliphatic rings. The number of halogens is 3. The Labute approximate surface area is 226 Å². The Bertz CT molecular complexity index is 1460. The van der Waals surface area contributed by atoms with Crippen molar-refractivity contribution in [2.75, 3.05) is 31.6 Å². The highest BCUT2D eigenvalue weighted by atomic mass is 19.4. The second-order valence-electron chi connectivity index (χ2n) is 10.8. The molecule has 1 aliphatic heterocycles. The summed E-state index contributed by atoms with van der Waals surface area (Å²) in [7, 11) is 0. The van der Waals surface area contributed by atoms with Gasteiger partial charge in [0.15, 0.2) is 0 Å². The van der Waals surface area contributed by atoms with E-state index in [1.807, 2.05) is 12.1 Å². The van der Waals surface area contributed by atoms with Gasteiger partial charge in [-0.15, -0.1) is 0 Å². The van der Waals surface area contributed by atoms with Gasteiger partial charge in [0, 0.05) is 35.4 Å². The Morgan fingerprint density at radius 3 is 2.46 bits per heavy atom. The number of nitrogens with one attached hydrogen (secondary N) is 1. The van der Waals surface area contributed by atoms with Crippen LogP contribution in [0.4, 0.5) is 24.7 Å². The highest BCUT2D eigenvalue weighted by Crippen LogP contribution is 2.38. The molecule has 0 radical (unpaired) electrons. The van der Waals surface area contributed by atoms with E-state index < -0.39 is 11.7 Å². The fraction of sp³-hybridized carbons (Fsp3) is 0.367. The van der Waals surface area contributed by atoms with Crippen molar-refractivity contribution in [1.82, 2.24) is 19.9 Å². The molecule has 1 saturated heterocycles. The maximum atomic E-state index is 13.6. The van der Waals surface area contributed by atoms with E-state index >= 15 is 0 Å². The Morgan fingerprint density at radius 1 is 0.923 bits per heavy atom. The third-order valence-corrected chi connectivity index (χ3v) is 6.94. The number of fused-ring (bicyclic) bond motifs is 1. The number of benzene rings is 2. The standard InChI is InChI=1S/C30H32F3N5O/c1-29(2,3)23-11-9-21(18-26(23)39-16-15-38-13-4-5-14-38)37-28-22-10-8-20(17-25(22)35-19-36-28)27-24(30(31,32)33)7-6-12-34-27/h6-12,17-19H,4-5,13-16H2,1-3H3,(H,35,36,37). The van der Waals surface area contributed by atoms with Gasteiger partial charge in [-0.3, -0.25) is 9.88 Å². The first-order valence-corrected chi connectivity index (χ1v) is 13.1. The quantitative estimate of drug-likeness (QED) is 0.269. The number of rotatable bonds is 7. The van der Waals surface area contributed by atoms with Crippen molar-refractivity contribution in [2.24, 2.45) is 0 Å². The summed E-state index contributed by atoms with van der Waals surface area (Å²) in [6.45, 7) is 10.2. The number of nitrogens with zero attached hydrogens (tertiary/aromatic N) is 4. The minimum Gasteiger partial charge on any atom is -0.492 e. The van der Waals surface area contributed by atoms with Crippen molar-refractivity contribution in [1.29, 1.82) is 0 Å². The summed E-state index contributed by atoms with van der Waals surface area (Å²) >= 11 is 0. The lowest BCUT2D eigenvalue weighted by molar-refractivity contribution is -0.137. The molecule has 6 nitrogen and oxygen atoms in total. The van der Waals surface area contributed by atoms with Gasteiger partial charge >= 0.3 is 6.18 Å². The Hall–Kier alpha value is -3.72.